The summed E-state index contributed by atoms with van der Waals surface area (Å²) in [5.41, 5.74) is 2.98. The molecule has 0 saturated heterocycles. The second kappa shape index (κ2) is 9.02. The molecule has 0 radical (unpaired) electrons. The maximum absolute atomic E-state index is 13.3. The van der Waals surface area contributed by atoms with Crippen LogP contribution in [0.3, 0.4) is 0 Å². The molecule has 0 aliphatic carbocycles. The molecule has 0 saturated carbocycles. The van der Waals surface area contributed by atoms with Gasteiger partial charge in [0, 0.05) is 11.8 Å². The number of carbonyl (C=O) groups excluding carboxylic acids is 1. The van der Waals surface area contributed by atoms with Gasteiger partial charge in [0.1, 0.15) is 5.82 Å². The molecule has 0 amide bonds. The third-order valence-corrected chi connectivity index (χ3v) is 5.77. The number of sulfone groups is 1. The first-order valence-corrected chi connectivity index (χ1v) is 11.0. The lowest BCUT2D eigenvalue weighted by atomic mass is 9.95. The van der Waals surface area contributed by atoms with Gasteiger partial charge in [-0.05, 0) is 53.1 Å². The summed E-state index contributed by atoms with van der Waals surface area (Å²) in [6, 6.07) is 21.1. The van der Waals surface area contributed by atoms with Gasteiger partial charge >= 0.3 is 0 Å². The van der Waals surface area contributed by atoms with E-state index in [2.05, 4.69) is 0 Å². The number of rotatable bonds is 7. The van der Waals surface area contributed by atoms with Gasteiger partial charge in [0.25, 0.3) is 0 Å². The quantitative estimate of drug-likeness (QED) is 0.206. The van der Waals surface area contributed by atoms with E-state index in [-0.39, 0.29) is 17.3 Å². The summed E-state index contributed by atoms with van der Waals surface area (Å²) in [5, 5.41) is 1.41. The second-order valence-electron chi connectivity index (χ2n) is 6.78. The van der Waals surface area contributed by atoms with Crippen molar-refractivity contribution in [2.45, 2.75) is 4.90 Å². The number of halogens is 1. The van der Waals surface area contributed by atoms with Crippen molar-refractivity contribution >= 4 is 33.0 Å². The van der Waals surface area contributed by atoms with Gasteiger partial charge in [-0.1, -0.05) is 42.5 Å². The number of aldehydes is 1. The van der Waals surface area contributed by atoms with E-state index in [0.717, 1.165) is 12.5 Å². The highest BCUT2D eigenvalue weighted by molar-refractivity contribution is 7.90. The normalized spacial score (nSPS) is 12.2. The van der Waals surface area contributed by atoms with E-state index in [1.54, 1.807) is 24.3 Å². The van der Waals surface area contributed by atoms with Crippen LogP contribution >= 0.6 is 0 Å². The number of hydrogen-bond acceptors (Lipinski definition) is 5. The largest absolute Gasteiger partial charge is 0.307 e. The van der Waals surface area contributed by atoms with Crippen LogP contribution in [0.4, 0.5) is 10.1 Å². The van der Waals surface area contributed by atoms with Crippen LogP contribution in [0, 0.1) is 5.82 Å². The number of hydrogen-bond donors (Lipinski definition) is 1. The molecule has 0 aromatic heterocycles. The van der Waals surface area contributed by atoms with Gasteiger partial charge in [-0.2, -0.15) is 0 Å². The molecule has 0 atom stereocenters. The minimum absolute atomic E-state index is 0.146. The van der Waals surface area contributed by atoms with Crippen molar-refractivity contribution in [3.8, 4) is 0 Å². The van der Waals surface area contributed by atoms with Crippen LogP contribution in [0.2, 0.25) is 0 Å². The zero-order valence-electron chi connectivity index (χ0n) is 16.3. The van der Waals surface area contributed by atoms with E-state index >= 15 is 0 Å². The van der Waals surface area contributed by atoms with E-state index in [4.69, 9.17) is 5.84 Å². The Bertz CT molecular complexity index is 1160. The van der Waals surface area contributed by atoms with Crippen molar-refractivity contribution in [2.24, 2.45) is 5.84 Å². The summed E-state index contributed by atoms with van der Waals surface area (Å²) >= 11 is 0. The summed E-state index contributed by atoms with van der Waals surface area (Å²) in [5.74, 6) is 5.84. The maximum Gasteiger partial charge on any atom is 0.175 e. The molecular weight excluding hydrogens is 403 g/mol. The molecule has 3 aromatic rings. The Morgan fingerprint density at radius 3 is 2.07 bits per heavy atom. The molecular formula is C23H21FN2O3S. The van der Waals surface area contributed by atoms with Crippen molar-refractivity contribution in [2.75, 3.05) is 17.8 Å². The van der Waals surface area contributed by atoms with Gasteiger partial charge in [0.05, 0.1) is 17.1 Å². The number of allylic oxidation sites excluding steroid dienone is 1. The number of carbonyl (C=O) groups is 1. The molecule has 7 heteroatoms. The third kappa shape index (κ3) is 5.00. The number of nitrogens with zero attached hydrogens (tertiary/aromatic N) is 1. The fourth-order valence-electron chi connectivity index (χ4n) is 3.06. The Labute approximate surface area is 175 Å². The molecule has 0 heterocycles. The molecule has 5 nitrogen and oxygen atoms in total. The molecule has 0 spiro atoms. The van der Waals surface area contributed by atoms with Crippen LogP contribution in [-0.2, 0) is 14.6 Å². The molecule has 0 aliphatic rings. The molecule has 3 aromatic carbocycles. The molecule has 0 unspecified atom stereocenters. The lowest BCUT2D eigenvalue weighted by Crippen LogP contribution is -2.32. The number of anilines is 1. The number of hydrazine groups is 1. The Morgan fingerprint density at radius 1 is 0.933 bits per heavy atom. The van der Waals surface area contributed by atoms with Crippen LogP contribution in [-0.4, -0.2) is 27.5 Å². The second-order valence-corrected chi connectivity index (χ2v) is 8.79. The van der Waals surface area contributed by atoms with Gasteiger partial charge in [0.15, 0.2) is 16.1 Å². The van der Waals surface area contributed by atoms with Crippen LogP contribution in [0.25, 0.3) is 11.1 Å². The van der Waals surface area contributed by atoms with Gasteiger partial charge < -0.3 is 5.01 Å². The van der Waals surface area contributed by atoms with Crippen molar-refractivity contribution in [1.29, 1.82) is 0 Å². The first-order chi connectivity index (χ1) is 14.3. The minimum Gasteiger partial charge on any atom is -0.307 e. The summed E-state index contributed by atoms with van der Waals surface area (Å²) in [4.78, 5) is 12.2. The predicted octanol–water partition coefficient (Wildman–Crippen LogP) is 3.72. The number of benzene rings is 3. The fourth-order valence-corrected chi connectivity index (χ4v) is 3.69. The monoisotopic (exact) mass is 424 g/mol. The highest BCUT2D eigenvalue weighted by atomic mass is 32.2. The zero-order chi connectivity index (χ0) is 21.7. The molecule has 0 fully saturated rings. The molecule has 0 aliphatic heterocycles. The SMILES string of the molecule is CS(=O)(=O)c1ccc(/C(CN(N)c2ccc(F)cc2)=C(/C=O)c2ccccc2)cc1. The summed E-state index contributed by atoms with van der Waals surface area (Å²) < 4.78 is 36.8. The zero-order valence-corrected chi connectivity index (χ0v) is 17.1. The molecule has 30 heavy (non-hydrogen) atoms. The van der Waals surface area contributed by atoms with Gasteiger partial charge in [-0.15, -0.1) is 0 Å². The molecule has 3 rings (SSSR count). The molecule has 0 bridgehead atoms. The highest BCUT2D eigenvalue weighted by Gasteiger charge is 2.16. The Morgan fingerprint density at radius 2 is 1.53 bits per heavy atom. The maximum atomic E-state index is 13.3. The van der Waals surface area contributed by atoms with Crippen molar-refractivity contribution < 1.29 is 17.6 Å². The minimum atomic E-state index is -3.35. The standard InChI is InChI=1S/C23H21FN2O3S/c1-30(28,29)21-13-7-18(8-14-21)22(23(16-27)17-5-3-2-4-6-17)15-26(25)20-11-9-19(24)10-12-20/h2-14,16H,15,25H2,1H3/b23-22-. The third-order valence-electron chi connectivity index (χ3n) is 4.65. The topological polar surface area (TPSA) is 80.5 Å². The van der Waals surface area contributed by atoms with Crippen LogP contribution in [0.1, 0.15) is 11.1 Å². The highest BCUT2D eigenvalue weighted by Crippen LogP contribution is 2.28. The Hall–Kier alpha value is -3.29. The summed E-state index contributed by atoms with van der Waals surface area (Å²) in [7, 11) is -3.35. The van der Waals surface area contributed by atoms with Gasteiger partial charge in [0.2, 0.25) is 0 Å². The van der Waals surface area contributed by atoms with Gasteiger partial charge in [-0.3, -0.25) is 4.79 Å². The van der Waals surface area contributed by atoms with Crippen molar-refractivity contribution in [1.82, 2.24) is 0 Å². The molecule has 154 valence electrons. The van der Waals surface area contributed by atoms with Gasteiger partial charge in [-0.25, -0.2) is 18.7 Å². The van der Waals surface area contributed by atoms with E-state index in [1.807, 2.05) is 30.3 Å². The first-order valence-electron chi connectivity index (χ1n) is 9.11. The van der Waals surface area contributed by atoms with Crippen LogP contribution in [0.15, 0.2) is 83.8 Å². The summed E-state index contributed by atoms with van der Waals surface area (Å²) in [6.45, 7) is 0.146. The van der Waals surface area contributed by atoms with E-state index in [9.17, 15) is 17.6 Å². The van der Waals surface area contributed by atoms with Crippen molar-refractivity contribution in [3.63, 3.8) is 0 Å². The lowest BCUT2D eigenvalue weighted by molar-refractivity contribution is -0.103. The smallest absolute Gasteiger partial charge is 0.175 e. The average Bonchev–Trinajstić information content (AvgIpc) is 2.74. The van der Waals surface area contributed by atoms with E-state index < -0.39 is 9.84 Å². The average molecular weight is 424 g/mol. The predicted molar refractivity (Wildman–Crippen MR) is 117 cm³/mol. The van der Waals surface area contributed by atoms with Crippen molar-refractivity contribution in [3.05, 3.63) is 95.8 Å². The summed E-state index contributed by atoms with van der Waals surface area (Å²) in [6.07, 6.45) is 1.89. The Balaban J connectivity index is 2.10. The number of nitrogens with two attached hydrogens (primary N) is 1. The molecule has 2 N–H and O–H groups in total. The van der Waals surface area contributed by atoms with Crippen LogP contribution in [0.5, 0.6) is 0 Å². The van der Waals surface area contributed by atoms with E-state index in [0.29, 0.717) is 28.0 Å². The van der Waals surface area contributed by atoms with E-state index in [1.165, 1.54) is 29.3 Å². The lowest BCUT2D eigenvalue weighted by Gasteiger charge is -2.22. The fraction of sp³-hybridized carbons (Fsp3) is 0.0870. The van der Waals surface area contributed by atoms with Crippen LogP contribution < -0.4 is 10.9 Å². The first kappa shape index (κ1) is 21.4. The Kier molecular flexibility index (Phi) is 6.44.